The van der Waals surface area contributed by atoms with Gasteiger partial charge in [-0.05, 0) is 66.7 Å². The van der Waals surface area contributed by atoms with E-state index in [1.165, 1.54) is 24.8 Å². The summed E-state index contributed by atoms with van der Waals surface area (Å²) in [4.78, 5) is 4.08. The maximum absolute atomic E-state index is 4.08. The molecule has 2 bridgehead atoms. The van der Waals surface area contributed by atoms with Crippen LogP contribution in [0.4, 0.5) is 0 Å². The van der Waals surface area contributed by atoms with E-state index in [0.717, 1.165) is 18.9 Å². The van der Waals surface area contributed by atoms with Crippen LogP contribution in [0.3, 0.4) is 0 Å². The van der Waals surface area contributed by atoms with Crippen molar-refractivity contribution in [2.45, 2.75) is 52.5 Å². The lowest BCUT2D eigenvalue weighted by Gasteiger charge is -2.43. The van der Waals surface area contributed by atoms with E-state index in [4.69, 9.17) is 0 Å². The molecule has 1 N–H and O–H groups in total. The molecule has 0 aromatic carbocycles. The molecule has 0 radical (unpaired) electrons. The Morgan fingerprint density at radius 1 is 1.26 bits per heavy atom. The molecule has 1 aromatic rings. The van der Waals surface area contributed by atoms with Gasteiger partial charge in [-0.3, -0.25) is 4.98 Å². The van der Waals surface area contributed by atoms with Gasteiger partial charge in [0.1, 0.15) is 0 Å². The van der Waals surface area contributed by atoms with Crippen LogP contribution in [0.15, 0.2) is 24.5 Å². The van der Waals surface area contributed by atoms with Crippen LogP contribution in [-0.2, 0) is 6.42 Å². The molecule has 2 aliphatic rings. The van der Waals surface area contributed by atoms with E-state index in [-0.39, 0.29) is 0 Å². The maximum Gasteiger partial charge on any atom is 0.0270 e. The third-order valence-corrected chi connectivity index (χ3v) is 5.78. The topological polar surface area (TPSA) is 24.9 Å². The SMILES string of the molecule is CC12CCC(C1)C(C)(C)C2NCCc1ccncc1. The molecule has 0 amide bonds. The van der Waals surface area contributed by atoms with Gasteiger partial charge in [-0.15, -0.1) is 0 Å². The van der Waals surface area contributed by atoms with E-state index in [9.17, 15) is 0 Å². The van der Waals surface area contributed by atoms with Gasteiger partial charge in [0.15, 0.2) is 0 Å². The Hall–Kier alpha value is -0.890. The highest BCUT2D eigenvalue weighted by Gasteiger charge is 2.58. The molecule has 3 atom stereocenters. The minimum atomic E-state index is 0.464. The Morgan fingerprint density at radius 2 is 2.00 bits per heavy atom. The molecular formula is C17H26N2. The number of hydrogen-bond acceptors (Lipinski definition) is 2. The van der Waals surface area contributed by atoms with Crippen molar-refractivity contribution >= 4 is 0 Å². The standard InChI is InChI=1S/C17H26N2/c1-16(2)14-4-8-17(3,12-14)15(16)19-11-7-13-5-9-18-10-6-13/h5-6,9-10,14-15,19H,4,7-8,11-12H2,1-3H3. The fraction of sp³-hybridized carbons (Fsp3) is 0.706. The third kappa shape index (κ3) is 2.20. The van der Waals surface area contributed by atoms with Gasteiger partial charge in [-0.25, -0.2) is 0 Å². The number of aromatic nitrogens is 1. The minimum absolute atomic E-state index is 0.464. The van der Waals surface area contributed by atoms with E-state index in [1.807, 2.05) is 12.4 Å². The summed E-state index contributed by atoms with van der Waals surface area (Å²) in [5.74, 6) is 0.927. The Labute approximate surface area is 117 Å². The second kappa shape index (κ2) is 4.59. The first-order valence-corrected chi connectivity index (χ1v) is 7.65. The lowest BCUT2D eigenvalue weighted by molar-refractivity contribution is 0.110. The zero-order valence-corrected chi connectivity index (χ0v) is 12.4. The van der Waals surface area contributed by atoms with Crippen molar-refractivity contribution < 1.29 is 0 Å². The first-order chi connectivity index (χ1) is 9.02. The molecule has 19 heavy (non-hydrogen) atoms. The summed E-state index contributed by atoms with van der Waals surface area (Å²) in [5, 5.41) is 3.87. The van der Waals surface area contributed by atoms with Crippen molar-refractivity contribution in [3.63, 3.8) is 0 Å². The molecule has 3 rings (SSSR count). The van der Waals surface area contributed by atoms with Crippen LogP contribution >= 0.6 is 0 Å². The van der Waals surface area contributed by atoms with Crippen LogP contribution in [0.1, 0.15) is 45.6 Å². The average Bonchev–Trinajstić information content (AvgIpc) is 2.86. The first-order valence-electron chi connectivity index (χ1n) is 7.65. The largest absolute Gasteiger partial charge is 0.313 e. The van der Waals surface area contributed by atoms with Crippen LogP contribution in [0, 0.1) is 16.7 Å². The van der Waals surface area contributed by atoms with Gasteiger partial charge in [-0.1, -0.05) is 20.8 Å². The molecule has 0 aliphatic heterocycles. The molecule has 1 heterocycles. The Kier molecular flexibility index (Phi) is 3.17. The summed E-state index contributed by atoms with van der Waals surface area (Å²) in [6, 6.07) is 4.92. The predicted octanol–water partition coefficient (Wildman–Crippen LogP) is 3.43. The molecule has 3 unspecified atom stereocenters. The minimum Gasteiger partial charge on any atom is -0.313 e. The Morgan fingerprint density at radius 3 is 2.63 bits per heavy atom. The molecule has 2 heteroatoms. The van der Waals surface area contributed by atoms with Crippen LogP contribution in [-0.4, -0.2) is 17.6 Å². The monoisotopic (exact) mass is 258 g/mol. The number of hydrogen-bond donors (Lipinski definition) is 1. The zero-order chi connectivity index (χ0) is 13.5. The second-order valence-corrected chi connectivity index (χ2v) is 7.41. The summed E-state index contributed by atoms with van der Waals surface area (Å²) in [6.07, 6.45) is 9.15. The molecule has 2 fully saturated rings. The van der Waals surface area contributed by atoms with Crippen LogP contribution in [0.2, 0.25) is 0 Å². The van der Waals surface area contributed by atoms with Gasteiger partial charge in [0.25, 0.3) is 0 Å². The molecular weight excluding hydrogens is 232 g/mol. The molecule has 0 saturated heterocycles. The summed E-state index contributed by atoms with van der Waals surface area (Å²) in [7, 11) is 0. The number of rotatable bonds is 4. The summed E-state index contributed by atoms with van der Waals surface area (Å²) < 4.78 is 0. The van der Waals surface area contributed by atoms with Gasteiger partial charge in [0.2, 0.25) is 0 Å². The number of pyridine rings is 1. The number of fused-ring (bicyclic) bond motifs is 2. The van der Waals surface area contributed by atoms with Gasteiger partial charge < -0.3 is 5.32 Å². The predicted molar refractivity (Wildman–Crippen MR) is 79.0 cm³/mol. The molecule has 104 valence electrons. The molecule has 1 aromatic heterocycles. The quantitative estimate of drug-likeness (QED) is 0.895. The zero-order valence-electron chi connectivity index (χ0n) is 12.4. The van der Waals surface area contributed by atoms with Crippen LogP contribution in [0.5, 0.6) is 0 Å². The maximum atomic E-state index is 4.08. The average molecular weight is 258 g/mol. The number of nitrogens with zero attached hydrogens (tertiary/aromatic N) is 1. The van der Waals surface area contributed by atoms with Crippen molar-refractivity contribution in [1.82, 2.24) is 10.3 Å². The highest BCUT2D eigenvalue weighted by Crippen LogP contribution is 2.62. The van der Waals surface area contributed by atoms with Crippen molar-refractivity contribution in [3.05, 3.63) is 30.1 Å². The van der Waals surface area contributed by atoms with E-state index in [1.54, 1.807) is 0 Å². The summed E-state index contributed by atoms with van der Waals surface area (Å²) >= 11 is 0. The third-order valence-electron chi connectivity index (χ3n) is 5.78. The van der Waals surface area contributed by atoms with Crippen molar-refractivity contribution in [2.75, 3.05) is 6.54 Å². The highest BCUT2D eigenvalue weighted by atomic mass is 15.0. The van der Waals surface area contributed by atoms with Crippen LogP contribution in [0.25, 0.3) is 0 Å². The summed E-state index contributed by atoms with van der Waals surface area (Å²) in [5.41, 5.74) is 2.38. The fourth-order valence-electron chi connectivity index (χ4n) is 4.72. The highest BCUT2D eigenvalue weighted by molar-refractivity contribution is 5.13. The van der Waals surface area contributed by atoms with Crippen molar-refractivity contribution in [3.8, 4) is 0 Å². The van der Waals surface area contributed by atoms with E-state index in [2.05, 4.69) is 43.2 Å². The van der Waals surface area contributed by atoms with Crippen LogP contribution < -0.4 is 5.32 Å². The van der Waals surface area contributed by atoms with E-state index in [0.29, 0.717) is 16.9 Å². The van der Waals surface area contributed by atoms with Gasteiger partial charge >= 0.3 is 0 Å². The molecule has 0 spiro atoms. The van der Waals surface area contributed by atoms with E-state index < -0.39 is 0 Å². The van der Waals surface area contributed by atoms with Gasteiger partial charge in [0, 0.05) is 18.4 Å². The lowest BCUT2D eigenvalue weighted by atomic mass is 9.68. The number of nitrogens with one attached hydrogen (secondary N) is 1. The van der Waals surface area contributed by atoms with Crippen molar-refractivity contribution in [2.24, 2.45) is 16.7 Å². The molecule has 2 aliphatic carbocycles. The lowest BCUT2D eigenvalue weighted by Crippen LogP contribution is -2.50. The second-order valence-electron chi connectivity index (χ2n) is 7.41. The Balaban J connectivity index is 1.61. The molecule has 2 saturated carbocycles. The summed E-state index contributed by atoms with van der Waals surface area (Å²) in [6.45, 7) is 8.50. The Bertz CT molecular complexity index is 435. The first kappa shape index (κ1) is 13.1. The van der Waals surface area contributed by atoms with Gasteiger partial charge in [-0.2, -0.15) is 0 Å². The normalized spacial score (nSPS) is 35.7. The van der Waals surface area contributed by atoms with E-state index >= 15 is 0 Å². The fourth-order valence-corrected chi connectivity index (χ4v) is 4.72. The van der Waals surface area contributed by atoms with Crippen molar-refractivity contribution in [1.29, 1.82) is 0 Å². The molecule has 2 nitrogen and oxygen atoms in total. The smallest absolute Gasteiger partial charge is 0.0270 e. The van der Waals surface area contributed by atoms with Gasteiger partial charge in [0.05, 0.1) is 0 Å².